The Hall–Kier alpha value is -1.33. The molecule has 0 spiro atoms. The minimum Gasteiger partial charge on any atom is -0.341 e. The highest BCUT2D eigenvalue weighted by Crippen LogP contribution is 2.17. The van der Waals surface area contributed by atoms with E-state index in [1.807, 2.05) is 31.2 Å². The molecule has 18 heavy (non-hydrogen) atoms. The van der Waals surface area contributed by atoms with Crippen molar-refractivity contribution in [1.82, 2.24) is 0 Å². The quantitative estimate of drug-likeness (QED) is 0.638. The number of anilines is 2. The van der Waals surface area contributed by atoms with Gasteiger partial charge in [0.15, 0.2) is 0 Å². The Bertz CT molecular complexity index is 446. The lowest BCUT2D eigenvalue weighted by Crippen LogP contribution is -2.10. The van der Waals surface area contributed by atoms with Gasteiger partial charge >= 0.3 is 0 Å². The van der Waals surface area contributed by atoms with Crippen molar-refractivity contribution in [3.8, 4) is 0 Å². The van der Waals surface area contributed by atoms with Crippen molar-refractivity contribution in [2.24, 2.45) is 0 Å². The summed E-state index contributed by atoms with van der Waals surface area (Å²) in [6.45, 7) is 5.46. The van der Waals surface area contributed by atoms with Gasteiger partial charge in [0, 0.05) is 23.5 Å². The van der Waals surface area contributed by atoms with Crippen LogP contribution in [-0.4, -0.2) is 16.0 Å². The number of thioether (sulfide) groups is 1. The average molecular weight is 280 g/mol. The van der Waals surface area contributed by atoms with Gasteiger partial charge in [-0.05, 0) is 18.2 Å². The maximum Gasteiger partial charge on any atom is 0.224 e. The normalized spacial score (nSPS) is 9.61. The van der Waals surface area contributed by atoms with Crippen molar-refractivity contribution in [1.29, 1.82) is 0 Å². The van der Waals surface area contributed by atoms with E-state index in [0.29, 0.717) is 10.7 Å². The van der Waals surface area contributed by atoms with E-state index in [2.05, 4.69) is 17.2 Å². The number of thiocarbonyl (C=S) groups is 1. The second-order valence-corrected chi connectivity index (χ2v) is 5.19. The highest BCUT2D eigenvalue weighted by Gasteiger charge is 2.01. The fraction of sp³-hybridized carbons (Fsp3) is 0.231. The minimum absolute atomic E-state index is 0.00393. The van der Waals surface area contributed by atoms with Crippen LogP contribution in [0.3, 0.4) is 0 Å². The summed E-state index contributed by atoms with van der Waals surface area (Å²) in [7, 11) is 0. The molecule has 5 heteroatoms. The molecule has 0 atom stereocenters. The maximum atomic E-state index is 11.3. The fourth-order valence-corrected chi connectivity index (χ4v) is 1.99. The third-order valence-electron chi connectivity index (χ3n) is 2.05. The lowest BCUT2D eigenvalue weighted by atomic mass is 10.2. The van der Waals surface area contributed by atoms with E-state index in [1.54, 1.807) is 6.08 Å². The van der Waals surface area contributed by atoms with Crippen molar-refractivity contribution < 1.29 is 4.79 Å². The van der Waals surface area contributed by atoms with Gasteiger partial charge in [0.1, 0.15) is 4.32 Å². The topological polar surface area (TPSA) is 41.1 Å². The molecule has 0 saturated heterocycles. The smallest absolute Gasteiger partial charge is 0.224 e. The van der Waals surface area contributed by atoms with Crippen molar-refractivity contribution in [2.75, 3.05) is 16.4 Å². The van der Waals surface area contributed by atoms with Gasteiger partial charge in [0.25, 0.3) is 0 Å². The van der Waals surface area contributed by atoms with Gasteiger partial charge in [-0.3, -0.25) is 4.79 Å². The summed E-state index contributed by atoms with van der Waals surface area (Å²) in [6, 6.07) is 7.48. The summed E-state index contributed by atoms with van der Waals surface area (Å²) >= 11 is 6.68. The van der Waals surface area contributed by atoms with Crippen molar-refractivity contribution in [3.05, 3.63) is 36.9 Å². The lowest BCUT2D eigenvalue weighted by Gasteiger charge is -2.09. The number of hydrogen-bond acceptors (Lipinski definition) is 3. The number of benzene rings is 1. The zero-order valence-corrected chi connectivity index (χ0v) is 11.9. The molecule has 0 aromatic heterocycles. The highest BCUT2D eigenvalue weighted by molar-refractivity contribution is 8.23. The summed E-state index contributed by atoms with van der Waals surface area (Å²) in [4.78, 5) is 11.3. The molecule has 0 radical (unpaired) electrons. The van der Waals surface area contributed by atoms with E-state index in [0.717, 1.165) is 17.1 Å². The Balaban J connectivity index is 2.61. The Morgan fingerprint density at radius 1 is 1.44 bits per heavy atom. The number of amides is 1. The van der Waals surface area contributed by atoms with Gasteiger partial charge in [-0.15, -0.1) is 6.58 Å². The van der Waals surface area contributed by atoms with Gasteiger partial charge in [-0.1, -0.05) is 43.0 Å². The molecule has 0 aliphatic heterocycles. The van der Waals surface area contributed by atoms with Gasteiger partial charge < -0.3 is 10.6 Å². The predicted octanol–water partition coefficient (Wildman–Crippen LogP) is 3.65. The second kappa shape index (κ2) is 7.89. The van der Waals surface area contributed by atoms with Crippen molar-refractivity contribution >= 4 is 45.6 Å². The molecule has 96 valence electrons. The average Bonchev–Trinajstić information content (AvgIpc) is 2.36. The van der Waals surface area contributed by atoms with Crippen LogP contribution >= 0.6 is 24.0 Å². The standard InChI is InChI=1S/C13H16N2OS2/c1-3-8-18-13(17)15-11-7-5-6-10(9-11)14-12(16)4-2/h3,5-7,9H,1,4,8H2,2H3,(H,14,16)(H,15,17). The van der Waals surface area contributed by atoms with Gasteiger partial charge in [-0.2, -0.15) is 0 Å². The number of carbonyl (C=O) groups excluding carboxylic acids is 1. The summed E-state index contributed by atoms with van der Waals surface area (Å²) < 4.78 is 0.689. The van der Waals surface area contributed by atoms with E-state index >= 15 is 0 Å². The van der Waals surface area contributed by atoms with Crippen LogP contribution in [0, 0.1) is 0 Å². The first-order valence-corrected chi connectivity index (χ1v) is 6.99. The molecule has 0 heterocycles. The Labute approximate surface area is 117 Å². The van der Waals surface area contributed by atoms with E-state index in [-0.39, 0.29) is 5.91 Å². The van der Waals surface area contributed by atoms with Crippen LogP contribution < -0.4 is 10.6 Å². The summed E-state index contributed by atoms with van der Waals surface area (Å²) in [5.41, 5.74) is 1.63. The molecule has 0 aliphatic rings. The summed E-state index contributed by atoms with van der Waals surface area (Å²) in [6.07, 6.45) is 2.27. The number of rotatable bonds is 5. The zero-order chi connectivity index (χ0) is 13.4. The van der Waals surface area contributed by atoms with Gasteiger partial charge in [-0.25, -0.2) is 0 Å². The maximum absolute atomic E-state index is 11.3. The van der Waals surface area contributed by atoms with Crippen LogP contribution in [0.4, 0.5) is 11.4 Å². The molecule has 0 bridgehead atoms. The SMILES string of the molecule is C=CCSC(=S)Nc1cccc(NC(=O)CC)c1. The highest BCUT2D eigenvalue weighted by atomic mass is 32.2. The number of carbonyl (C=O) groups is 1. The van der Waals surface area contributed by atoms with Crippen LogP contribution in [0.1, 0.15) is 13.3 Å². The first kappa shape index (κ1) is 14.7. The Morgan fingerprint density at radius 3 is 2.72 bits per heavy atom. The molecule has 3 nitrogen and oxygen atoms in total. The third-order valence-corrected chi connectivity index (χ3v) is 3.27. The summed E-state index contributed by atoms with van der Waals surface area (Å²) in [5, 5.41) is 5.91. The predicted molar refractivity (Wildman–Crippen MR) is 84.2 cm³/mol. The molecule has 1 rings (SSSR count). The molecule has 1 amide bonds. The van der Waals surface area contributed by atoms with E-state index < -0.39 is 0 Å². The van der Waals surface area contributed by atoms with E-state index in [4.69, 9.17) is 12.2 Å². The molecular weight excluding hydrogens is 264 g/mol. The molecule has 0 aliphatic carbocycles. The zero-order valence-electron chi connectivity index (χ0n) is 10.2. The first-order valence-electron chi connectivity index (χ1n) is 5.60. The Morgan fingerprint density at radius 2 is 2.11 bits per heavy atom. The van der Waals surface area contributed by atoms with Crippen LogP contribution in [0.2, 0.25) is 0 Å². The van der Waals surface area contributed by atoms with Crippen LogP contribution in [-0.2, 0) is 4.79 Å². The largest absolute Gasteiger partial charge is 0.341 e. The Kier molecular flexibility index (Phi) is 6.46. The molecule has 0 fully saturated rings. The molecule has 0 saturated carbocycles. The molecule has 1 aromatic carbocycles. The van der Waals surface area contributed by atoms with E-state index in [9.17, 15) is 4.79 Å². The van der Waals surface area contributed by atoms with Crippen LogP contribution in [0.25, 0.3) is 0 Å². The molecule has 2 N–H and O–H groups in total. The second-order valence-electron chi connectivity index (χ2n) is 3.49. The third kappa shape index (κ3) is 5.33. The van der Waals surface area contributed by atoms with Gasteiger partial charge in [0.05, 0.1) is 0 Å². The van der Waals surface area contributed by atoms with Crippen LogP contribution in [0.15, 0.2) is 36.9 Å². The number of hydrogen-bond donors (Lipinski definition) is 2. The minimum atomic E-state index is -0.00393. The summed E-state index contributed by atoms with van der Waals surface area (Å²) in [5.74, 6) is 0.772. The first-order chi connectivity index (χ1) is 8.65. The fourth-order valence-electron chi connectivity index (χ4n) is 1.21. The van der Waals surface area contributed by atoms with Crippen molar-refractivity contribution in [2.45, 2.75) is 13.3 Å². The van der Waals surface area contributed by atoms with Crippen LogP contribution in [0.5, 0.6) is 0 Å². The molecular formula is C13H16N2OS2. The van der Waals surface area contributed by atoms with E-state index in [1.165, 1.54) is 11.8 Å². The number of nitrogens with one attached hydrogen (secondary N) is 2. The molecule has 0 unspecified atom stereocenters. The van der Waals surface area contributed by atoms with Gasteiger partial charge in [0.2, 0.25) is 5.91 Å². The monoisotopic (exact) mass is 280 g/mol. The lowest BCUT2D eigenvalue weighted by molar-refractivity contribution is -0.115. The molecule has 1 aromatic rings. The van der Waals surface area contributed by atoms with Crippen molar-refractivity contribution in [3.63, 3.8) is 0 Å².